The van der Waals surface area contributed by atoms with Crippen molar-refractivity contribution in [2.45, 2.75) is 12.8 Å². The minimum atomic E-state index is 0.361. The molecule has 2 rings (SSSR count). The molecule has 0 heterocycles. The number of hydrogen-bond acceptors (Lipinski definition) is 1. The molecule has 1 saturated carbocycles. The van der Waals surface area contributed by atoms with Gasteiger partial charge in [-0.1, -0.05) is 12.2 Å². The van der Waals surface area contributed by atoms with Crippen LogP contribution in [-0.4, -0.2) is 6.29 Å². The molecule has 2 bridgehead atoms. The lowest BCUT2D eigenvalue weighted by atomic mass is 9.95. The van der Waals surface area contributed by atoms with Gasteiger partial charge in [-0.3, -0.25) is 0 Å². The van der Waals surface area contributed by atoms with Crippen molar-refractivity contribution < 1.29 is 4.79 Å². The van der Waals surface area contributed by atoms with E-state index in [0.29, 0.717) is 11.8 Å². The van der Waals surface area contributed by atoms with Crippen molar-refractivity contribution in [1.29, 1.82) is 0 Å². The van der Waals surface area contributed by atoms with Crippen LogP contribution in [-0.2, 0) is 4.79 Å². The zero-order valence-corrected chi connectivity index (χ0v) is 5.29. The third-order valence-corrected chi connectivity index (χ3v) is 2.51. The predicted octanol–water partition coefficient (Wildman–Crippen LogP) is 1.40. The van der Waals surface area contributed by atoms with E-state index >= 15 is 0 Å². The lowest BCUT2D eigenvalue weighted by Gasteiger charge is -2.08. The summed E-state index contributed by atoms with van der Waals surface area (Å²) in [6.07, 6.45) is 7.93. The number of rotatable bonds is 1. The van der Waals surface area contributed by atoms with Crippen LogP contribution in [0.2, 0.25) is 0 Å². The summed E-state index contributed by atoms with van der Waals surface area (Å²) in [7, 11) is 0. The van der Waals surface area contributed by atoms with Crippen molar-refractivity contribution in [2.24, 2.45) is 17.8 Å². The van der Waals surface area contributed by atoms with Crippen LogP contribution in [0.25, 0.3) is 0 Å². The van der Waals surface area contributed by atoms with Gasteiger partial charge in [0.25, 0.3) is 0 Å². The Morgan fingerprint density at radius 2 is 2.22 bits per heavy atom. The Balaban J connectivity index is 2.19. The highest BCUT2D eigenvalue weighted by Gasteiger charge is 2.34. The largest absolute Gasteiger partial charge is 0.303 e. The molecule has 1 nitrogen and oxygen atoms in total. The van der Waals surface area contributed by atoms with E-state index in [9.17, 15) is 4.79 Å². The monoisotopic (exact) mass is 122 g/mol. The third kappa shape index (κ3) is 0.640. The highest BCUT2D eigenvalue weighted by molar-refractivity contribution is 5.56. The molecule has 0 saturated heterocycles. The van der Waals surface area contributed by atoms with Gasteiger partial charge in [0.15, 0.2) is 0 Å². The maximum absolute atomic E-state index is 10.4. The summed E-state index contributed by atoms with van der Waals surface area (Å²) < 4.78 is 0. The molecule has 3 atom stereocenters. The molecule has 0 spiro atoms. The lowest BCUT2D eigenvalue weighted by molar-refractivity contribution is -0.111. The second kappa shape index (κ2) is 1.69. The van der Waals surface area contributed by atoms with Crippen LogP contribution < -0.4 is 0 Å². The molecule has 0 amide bonds. The molecule has 0 N–H and O–H groups in total. The average Bonchev–Trinajstić information content (AvgIpc) is 2.45. The summed E-state index contributed by atoms with van der Waals surface area (Å²) in [5.74, 6) is 1.71. The number of carbonyl (C=O) groups excluding carboxylic acids is 1. The molecule has 0 aromatic heterocycles. The minimum Gasteiger partial charge on any atom is -0.303 e. The van der Waals surface area contributed by atoms with Gasteiger partial charge in [0.1, 0.15) is 6.29 Å². The molecule has 0 aromatic carbocycles. The van der Waals surface area contributed by atoms with E-state index in [0.717, 1.165) is 18.6 Å². The van der Waals surface area contributed by atoms with Gasteiger partial charge in [0.05, 0.1) is 0 Å². The van der Waals surface area contributed by atoms with Crippen molar-refractivity contribution >= 4 is 6.29 Å². The molecule has 1 heteroatoms. The smallest absolute Gasteiger partial charge is 0.123 e. The van der Waals surface area contributed by atoms with E-state index in [1.807, 2.05) is 0 Å². The molecule has 2 aliphatic carbocycles. The Morgan fingerprint density at radius 1 is 1.33 bits per heavy atom. The summed E-state index contributed by atoms with van der Waals surface area (Å²) in [5.41, 5.74) is 0. The third-order valence-electron chi connectivity index (χ3n) is 2.51. The first-order valence-electron chi connectivity index (χ1n) is 3.54. The van der Waals surface area contributed by atoms with Crippen LogP contribution >= 0.6 is 0 Å². The topological polar surface area (TPSA) is 17.1 Å². The minimum absolute atomic E-state index is 0.361. The second-order valence-electron chi connectivity index (χ2n) is 3.08. The summed E-state index contributed by atoms with van der Waals surface area (Å²) in [5, 5.41) is 0. The molecule has 48 valence electrons. The van der Waals surface area contributed by atoms with Crippen LogP contribution in [0, 0.1) is 17.8 Å². The summed E-state index contributed by atoms with van der Waals surface area (Å²) in [6.45, 7) is 0. The average molecular weight is 122 g/mol. The second-order valence-corrected chi connectivity index (χ2v) is 3.08. The lowest BCUT2D eigenvalue weighted by Crippen LogP contribution is -2.07. The van der Waals surface area contributed by atoms with E-state index in [-0.39, 0.29) is 0 Å². The van der Waals surface area contributed by atoms with Crippen molar-refractivity contribution in [1.82, 2.24) is 0 Å². The molecule has 0 radical (unpaired) electrons. The molecule has 0 aliphatic heterocycles. The number of fused-ring (bicyclic) bond motifs is 2. The Morgan fingerprint density at radius 3 is 2.56 bits per heavy atom. The fraction of sp³-hybridized carbons (Fsp3) is 0.625. The molecule has 2 aliphatic rings. The van der Waals surface area contributed by atoms with Crippen LogP contribution in [0.5, 0.6) is 0 Å². The molecular weight excluding hydrogens is 112 g/mol. The van der Waals surface area contributed by atoms with Gasteiger partial charge in [-0.15, -0.1) is 0 Å². The van der Waals surface area contributed by atoms with Crippen molar-refractivity contribution in [3.05, 3.63) is 12.2 Å². The van der Waals surface area contributed by atoms with Crippen molar-refractivity contribution in [3.8, 4) is 0 Å². The zero-order chi connectivity index (χ0) is 6.27. The van der Waals surface area contributed by atoms with Crippen LogP contribution in [0.4, 0.5) is 0 Å². The quantitative estimate of drug-likeness (QED) is 0.379. The van der Waals surface area contributed by atoms with Gasteiger partial charge in [0, 0.05) is 5.92 Å². The van der Waals surface area contributed by atoms with Gasteiger partial charge < -0.3 is 4.79 Å². The predicted molar refractivity (Wildman–Crippen MR) is 34.9 cm³/mol. The molecule has 0 aromatic rings. The SMILES string of the molecule is O=C[C@H]1C[C@@H]2C=C[C@@H]1C2. The van der Waals surface area contributed by atoms with Gasteiger partial charge >= 0.3 is 0 Å². The molecule has 0 unspecified atom stereocenters. The van der Waals surface area contributed by atoms with Crippen LogP contribution in [0.15, 0.2) is 12.2 Å². The first-order chi connectivity index (χ1) is 4.40. The Kier molecular flexibility index (Phi) is 0.981. The van der Waals surface area contributed by atoms with Crippen LogP contribution in [0.3, 0.4) is 0 Å². The molecule has 9 heavy (non-hydrogen) atoms. The van der Waals surface area contributed by atoms with E-state index < -0.39 is 0 Å². The number of carbonyl (C=O) groups is 1. The maximum Gasteiger partial charge on any atom is 0.123 e. The summed E-state index contributed by atoms with van der Waals surface area (Å²) in [6, 6.07) is 0. The van der Waals surface area contributed by atoms with Gasteiger partial charge in [0.2, 0.25) is 0 Å². The molecule has 1 fully saturated rings. The fourth-order valence-electron chi connectivity index (χ4n) is 1.98. The zero-order valence-electron chi connectivity index (χ0n) is 5.29. The van der Waals surface area contributed by atoms with E-state index in [1.54, 1.807) is 0 Å². The number of hydrogen-bond donors (Lipinski definition) is 0. The van der Waals surface area contributed by atoms with Gasteiger partial charge in [-0.05, 0) is 24.7 Å². The normalized spacial score (nSPS) is 46.0. The van der Waals surface area contributed by atoms with E-state index in [2.05, 4.69) is 12.2 Å². The summed E-state index contributed by atoms with van der Waals surface area (Å²) >= 11 is 0. The highest BCUT2D eigenvalue weighted by atomic mass is 16.1. The van der Waals surface area contributed by atoms with Crippen molar-refractivity contribution in [3.63, 3.8) is 0 Å². The van der Waals surface area contributed by atoms with E-state index in [1.165, 1.54) is 6.42 Å². The summed E-state index contributed by atoms with van der Waals surface area (Å²) in [4.78, 5) is 10.4. The van der Waals surface area contributed by atoms with E-state index in [4.69, 9.17) is 0 Å². The number of aldehydes is 1. The first kappa shape index (κ1) is 5.21. The molecular formula is C8H10O. The number of allylic oxidation sites excluding steroid dienone is 2. The van der Waals surface area contributed by atoms with Gasteiger partial charge in [-0.25, -0.2) is 0 Å². The maximum atomic E-state index is 10.4. The van der Waals surface area contributed by atoms with Crippen LogP contribution in [0.1, 0.15) is 12.8 Å². The van der Waals surface area contributed by atoms with Gasteiger partial charge in [-0.2, -0.15) is 0 Å². The Labute approximate surface area is 54.8 Å². The Hall–Kier alpha value is -0.590. The highest BCUT2D eigenvalue weighted by Crippen LogP contribution is 2.42. The van der Waals surface area contributed by atoms with Crippen molar-refractivity contribution in [2.75, 3.05) is 0 Å². The standard InChI is InChI=1S/C8H10O/c9-5-8-4-6-1-2-7(8)3-6/h1-2,5-8H,3-4H2/t6-,7-,8-/m1/s1. The first-order valence-corrected chi connectivity index (χ1v) is 3.54. The fourth-order valence-corrected chi connectivity index (χ4v) is 1.98. The Bertz CT molecular complexity index is 160.